The van der Waals surface area contributed by atoms with Gasteiger partial charge >= 0.3 is 0 Å². The minimum atomic E-state index is 0.382. The molecule has 0 radical (unpaired) electrons. The Labute approximate surface area is 56.5 Å². The Hall–Kier alpha value is -0.660. The lowest BCUT2D eigenvalue weighted by atomic mass is 10.1. The second-order valence-electron chi connectivity index (χ2n) is 2.65. The van der Waals surface area contributed by atoms with Gasteiger partial charge in [-0.15, -0.1) is 0 Å². The summed E-state index contributed by atoms with van der Waals surface area (Å²) >= 11 is 0. The van der Waals surface area contributed by atoms with E-state index in [1.165, 1.54) is 0 Å². The third-order valence-corrected chi connectivity index (χ3v) is 1.18. The van der Waals surface area contributed by atoms with Crippen molar-refractivity contribution in [2.75, 3.05) is 0 Å². The molecule has 0 aromatic rings. The monoisotopic (exact) mass is 126 g/mol. The summed E-state index contributed by atoms with van der Waals surface area (Å²) < 4.78 is 0. The summed E-state index contributed by atoms with van der Waals surface area (Å²) in [5.41, 5.74) is 8.82. The summed E-state index contributed by atoms with van der Waals surface area (Å²) in [5.74, 6) is 0.382. The summed E-state index contributed by atoms with van der Waals surface area (Å²) in [5, 5.41) is 3.42. The van der Waals surface area contributed by atoms with Gasteiger partial charge in [0.15, 0.2) is 0 Å². The van der Waals surface area contributed by atoms with E-state index in [1.807, 2.05) is 27.7 Å². The molecule has 0 saturated heterocycles. The first-order chi connectivity index (χ1) is 4.09. The molecule has 0 spiro atoms. The molecule has 52 valence electrons. The Morgan fingerprint density at radius 2 is 1.78 bits per heavy atom. The first-order valence-electron chi connectivity index (χ1n) is 3.14. The number of hydrogen-bond donors (Lipinski definition) is 1. The predicted molar refractivity (Wildman–Crippen MR) is 38.4 cm³/mol. The average molecular weight is 126 g/mol. The van der Waals surface area contributed by atoms with Gasteiger partial charge in [0.2, 0.25) is 0 Å². The van der Waals surface area contributed by atoms with Gasteiger partial charge in [-0.2, -0.15) is 5.11 Å². The normalized spacial score (nSPS) is 9.44. The lowest BCUT2D eigenvalue weighted by Gasteiger charge is -2.04. The Bertz CT molecular complexity index is 130. The van der Waals surface area contributed by atoms with Crippen LogP contribution in [0, 0.1) is 11.4 Å². The van der Waals surface area contributed by atoms with Crippen LogP contribution in [0.5, 0.6) is 0 Å². The summed E-state index contributed by atoms with van der Waals surface area (Å²) in [7, 11) is 0. The molecule has 9 heavy (non-hydrogen) atoms. The van der Waals surface area contributed by atoms with Crippen LogP contribution in [-0.4, -0.2) is 0 Å². The predicted octanol–water partition coefficient (Wildman–Crippen LogP) is 2.97. The fraction of sp³-hybridized carbons (Fsp3) is 0.714. The lowest BCUT2D eigenvalue weighted by molar-refractivity contribution is 0.719. The fourth-order valence-electron chi connectivity index (χ4n) is 0.818. The molecular formula is C7H14N2. The van der Waals surface area contributed by atoms with Crippen LogP contribution in [0.15, 0.2) is 16.4 Å². The topological polar surface area (TPSA) is 36.2 Å². The third-order valence-electron chi connectivity index (χ3n) is 1.18. The maximum atomic E-state index is 6.79. The molecule has 0 aliphatic rings. The standard InChI is InChI=1S/C7H14N2/c1-5(2)7(9-8)6(3)4/h5,8H,1-4H3. The van der Waals surface area contributed by atoms with Crippen molar-refractivity contribution in [3.8, 4) is 0 Å². The molecule has 0 rings (SSSR count). The first kappa shape index (κ1) is 8.34. The van der Waals surface area contributed by atoms with Crippen LogP contribution in [-0.2, 0) is 0 Å². The highest BCUT2D eigenvalue weighted by molar-refractivity contribution is 5.08. The molecule has 0 saturated carbocycles. The van der Waals surface area contributed by atoms with Gasteiger partial charge in [0.05, 0.1) is 5.70 Å². The van der Waals surface area contributed by atoms with Gasteiger partial charge in [0.25, 0.3) is 0 Å². The van der Waals surface area contributed by atoms with Gasteiger partial charge in [-0.1, -0.05) is 19.4 Å². The van der Waals surface area contributed by atoms with Crippen LogP contribution in [0.4, 0.5) is 0 Å². The van der Waals surface area contributed by atoms with E-state index in [2.05, 4.69) is 5.11 Å². The second kappa shape index (κ2) is 3.38. The molecule has 0 unspecified atom stereocenters. The zero-order chi connectivity index (χ0) is 7.44. The highest BCUT2D eigenvalue weighted by Crippen LogP contribution is 2.14. The van der Waals surface area contributed by atoms with Crippen molar-refractivity contribution in [1.82, 2.24) is 0 Å². The van der Waals surface area contributed by atoms with E-state index in [-0.39, 0.29) is 0 Å². The summed E-state index contributed by atoms with van der Waals surface area (Å²) in [6.45, 7) is 8.04. The fourth-order valence-corrected chi connectivity index (χ4v) is 0.818. The van der Waals surface area contributed by atoms with Gasteiger partial charge in [0, 0.05) is 0 Å². The maximum Gasteiger partial charge on any atom is 0.0635 e. The minimum absolute atomic E-state index is 0.382. The van der Waals surface area contributed by atoms with Crippen LogP contribution in [0.1, 0.15) is 27.7 Å². The molecule has 2 heteroatoms. The third kappa shape index (κ3) is 2.40. The van der Waals surface area contributed by atoms with Crippen LogP contribution < -0.4 is 0 Å². The van der Waals surface area contributed by atoms with Gasteiger partial charge in [-0.3, -0.25) is 0 Å². The van der Waals surface area contributed by atoms with Crippen molar-refractivity contribution >= 4 is 0 Å². The van der Waals surface area contributed by atoms with Crippen molar-refractivity contribution in [3.63, 3.8) is 0 Å². The van der Waals surface area contributed by atoms with E-state index in [0.717, 1.165) is 11.3 Å². The van der Waals surface area contributed by atoms with Crippen LogP contribution >= 0.6 is 0 Å². The molecule has 0 atom stereocenters. The summed E-state index contributed by atoms with van der Waals surface area (Å²) in [6, 6.07) is 0. The van der Waals surface area contributed by atoms with Crippen molar-refractivity contribution in [2.45, 2.75) is 27.7 Å². The van der Waals surface area contributed by atoms with Crippen LogP contribution in [0.2, 0.25) is 0 Å². The van der Waals surface area contributed by atoms with E-state index in [9.17, 15) is 0 Å². The molecule has 0 aliphatic carbocycles. The SMILES string of the molecule is CC(C)=C(N=N)C(C)C. The molecule has 0 bridgehead atoms. The molecule has 0 aliphatic heterocycles. The van der Waals surface area contributed by atoms with E-state index in [1.54, 1.807) is 0 Å². The van der Waals surface area contributed by atoms with Crippen molar-refractivity contribution in [2.24, 2.45) is 11.0 Å². The highest BCUT2D eigenvalue weighted by atomic mass is 15.0. The van der Waals surface area contributed by atoms with Crippen molar-refractivity contribution < 1.29 is 0 Å². The molecular weight excluding hydrogens is 112 g/mol. The van der Waals surface area contributed by atoms with Crippen molar-refractivity contribution in [1.29, 1.82) is 5.53 Å². The highest BCUT2D eigenvalue weighted by Gasteiger charge is 2.01. The smallest absolute Gasteiger partial charge is 0.0635 e. The molecule has 0 heterocycles. The average Bonchev–Trinajstić information content (AvgIpc) is 1.64. The van der Waals surface area contributed by atoms with Crippen LogP contribution in [0.3, 0.4) is 0 Å². The minimum Gasteiger partial charge on any atom is -0.205 e. The van der Waals surface area contributed by atoms with Gasteiger partial charge in [0.1, 0.15) is 0 Å². The summed E-state index contributed by atoms with van der Waals surface area (Å²) in [4.78, 5) is 0. The summed E-state index contributed by atoms with van der Waals surface area (Å²) in [6.07, 6.45) is 0. The molecule has 0 aromatic carbocycles. The Morgan fingerprint density at radius 3 is 1.78 bits per heavy atom. The molecule has 0 aromatic heterocycles. The van der Waals surface area contributed by atoms with E-state index >= 15 is 0 Å². The molecule has 2 nitrogen and oxygen atoms in total. The van der Waals surface area contributed by atoms with Crippen LogP contribution in [0.25, 0.3) is 0 Å². The zero-order valence-electron chi connectivity index (χ0n) is 6.52. The Kier molecular flexibility index (Phi) is 3.13. The maximum absolute atomic E-state index is 6.79. The first-order valence-corrected chi connectivity index (χ1v) is 3.14. The van der Waals surface area contributed by atoms with E-state index in [0.29, 0.717) is 5.92 Å². The molecule has 0 fully saturated rings. The van der Waals surface area contributed by atoms with Gasteiger partial charge < -0.3 is 0 Å². The van der Waals surface area contributed by atoms with E-state index < -0.39 is 0 Å². The Morgan fingerprint density at radius 1 is 1.33 bits per heavy atom. The largest absolute Gasteiger partial charge is 0.205 e. The zero-order valence-corrected chi connectivity index (χ0v) is 6.52. The number of nitrogens with one attached hydrogen (secondary N) is 1. The Balaban J connectivity index is 4.34. The van der Waals surface area contributed by atoms with Gasteiger partial charge in [-0.25, -0.2) is 5.53 Å². The number of hydrogen-bond acceptors (Lipinski definition) is 2. The number of allylic oxidation sites excluding steroid dienone is 2. The number of rotatable bonds is 2. The number of nitrogens with zero attached hydrogens (tertiary/aromatic N) is 1. The van der Waals surface area contributed by atoms with E-state index in [4.69, 9.17) is 5.53 Å². The second-order valence-corrected chi connectivity index (χ2v) is 2.65. The van der Waals surface area contributed by atoms with Crippen molar-refractivity contribution in [3.05, 3.63) is 11.3 Å². The molecule has 1 N–H and O–H groups in total. The molecule has 0 amide bonds. The lowest BCUT2D eigenvalue weighted by Crippen LogP contribution is -1.91. The quantitative estimate of drug-likeness (QED) is 0.552. The van der Waals surface area contributed by atoms with Gasteiger partial charge in [-0.05, 0) is 19.8 Å².